The lowest BCUT2D eigenvalue weighted by molar-refractivity contribution is 0.0942. The fourth-order valence-electron chi connectivity index (χ4n) is 3.79. The van der Waals surface area contributed by atoms with Crippen LogP contribution in [0.3, 0.4) is 0 Å². The van der Waals surface area contributed by atoms with Crippen LogP contribution in [0.25, 0.3) is 11.1 Å². The van der Waals surface area contributed by atoms with Crippen LogP contribution in [-0.4, -0.2) is 30.4 Å². The van der Waals surface area contributed by atoms with Crippen molar-refractivity contribution < 1.29 is 4.79 Å². The van der Waals surface area contributed by atoms with Gasteiger partial charge in [0, 0.05) is 12.1 Å². The third-order valence-corrected chi connectivity index (χ3v) is 6.09. The number of thiophene rings is 1. The maximum atomic E-state index is 12.9. The molecule has 1 aliphatic rings. The predicted octanol–water partition coefficient (Wildman–Crippen LogP) is 4.98. The van der Waals surface area contributed by atoms with E-state index in [1.165, 1.54) is 29.7 Å². The molecule has 0 aliphatic carbocycles. The van der Waals surface area contributed by atoms with Crippen molar-refractivity contribution in [3.05, 3.63) is 82.6 Å². The highest BCUT2D eigenvalue weighted by molar-refractivity contribution is 7.12. The Morgan fingerprint density at radius 2 is 1.63 bits per heavy atom. The maximum Gasteiger partial charge on any atom is 0.262 e. The Labute approximate surface area is 164 Å². The third-order valence-electron chi connectivity index (χ3n) is 5.18. The summed E-state index contributed by atoms with van der Waals surface area (Å²) in [5.74, 6) is 0.0176. The average molecular weight is 377 g/mol. The normalized spacial score (nSPS) is 15.6. The number of hydrogen-bond donors (Lipinski definition) is 1. The van der Waals surface area contributed by atoms with Crippen LogP contribution in [0.15, 0.2) is 72.1 Å². The van der Waals surface area contributed by atoms with Gasteiger partial charge in [0.25, 0.3) is 5.91 Å². The Bertz CT molecular complexity index is 870. The van der Waals surface area contributed by atoms with Gasteiger partial charge in [-0.1, -0.05) is 60.7 Å². The Balaban J connectivity index is 1.50. The van der Waals surface area contributed by atoms with E-state index in [4.69, 9.17) is 0 Å². The van der Waals surface area contributed by atoms with Gasteiger partial charge in [0.15, 0.2) is 0 Å². The molecule has 0 saturated carbocycles. The number of hydrogen-bond acceptors (Lipinski definition) is 3. The molecule has 1 saturated heterocycles. The summed E-state index contributed by atoms with van der Waals surface area (Å²) in [7, 11) is 0. The molecule has 2 heterocycles. The van der Waals surface area contributed by atoms with Gasteiger partial charge in [0.1, 0.15) is 0 Å². The number of amides is 1. The zero-order valence-electron chi connectivity index (χ0n) is 15.3. The molecule has 1 fully saturated rings. The third kappa shape index (κ3) is 4.12. The molecule has 1 aromatic heterocycles. The Morgan fingerprint density at radius 1 is 0.963 bits per heavy atom. The summed E-state index contributed by atoms with van der Waals surface area (Å²) in [6, 6.07) is 22.9. The SMILES string of the molecule is O=C(NC[C@@H](c1ccccc1)N1CCCC1)c1sccc1-c1ccccc1. The van der Waals surface area contributed by atoms with Gasteiger partial charge in [-0.05, 0) is 48.5 Å². The number of likely N-dealkylation sites (tertiary alicyclic amines) is 1. The second-order valence-corrected chi connectivity index (χ2v) is 7.83. The Kier molecular flexibility index (Phi) is 5.66. The van der Waals surface area contributed by atoms with Gasteiger partial charge in [-0.25, -0.2) is 0 Å². The smallest absolute Gasteiger partial charge is 0.262 e. The van der Waals surface area contributed by atoms with E-state index in [9.17, 15) is 4.79 Å². The lowest BCUT2D eigenvalue weighted by Gasteiger charge is -2.28. The molecule has 3 aromatic rings. The van der Waals surface area contributed by atoms with Gasteiger partial charge in [-0.2, -0.15) is 0 Å². The molecular weight excluding hydrogens is 352 g/mol. The van der Waals surface area contributed by atoms with E-state index in [-0.39, 0.29) is 11.9 Å². The monoisotopic (exact) mass is 376 g/mol. The molecule has 2 aromatic carbocycles. The molecule has 138 valence electrons. The number of carbonyl (C=O) groups is 1. The van der Waals surface area contributed by atoms with E-state index in [1.807, 2.05) is 35.7 Å². The van der Waals surface area contributed by atoms with Gasteiger partial charge in [0.05, 0.1) is 10.9 Å². The van der Waals surface area contributed by atoms with Crippen LogP contribution >= 0.6 is 11.3 Å². The van der Waals surface area contributed by atoms with Crippen molar-refractivity contribution >= 4 is 17.2 Å². The highest BCUT2D eigenvalue weighted by Crippen LogP contribution is 2.29. The predicted molar refractivity (Wildman–Crippen MR) is 112 cm³/mol. The highest BCUT2D eigenvalue weighted by Gasteiger charge is 2.24. The maximum absolute atomic E-state index is 12.9. The minimum absolute atomic E-state index is 0.0176. The van der Waals surface area contributed by atoms with Crippen molar-refractivity contribution in [1.29, 1.82) is 0 Å². The van der Waals surface area contributed by atoms with Gasteiger partial charge < -0.3 is 5.32 Å². The number of rotatable bonds is 6. The van der Waals surface area contributed by atoms with E-state index in [0.29, 0.717) is 6.54 Å². The van der Waals surface area contributed by atoms with Crippen molar-refractivity contribution in [3.63, 3.8) is 0 Å². The van der Waals surface area contributed by atoms with E-state index in [2.05, 4.69) is 46.6 Å². The Hall–Kier alpha value is -2.43. The first-order valence-corrected chi connectivity index (χ1v) is 10.4. The molecule has 3 nitrogen and oxygen atoms in total. The molecule has 1 amide bonds. The van der Waals surface area contributed by atoms with Crippen LogP contribution in [-0.2, 0) is 0 Å². The summed E-state index contributed by atoms with van der Waals surface area (Å²) in [5.41, 5.74) is 3.37. The topological polar surface area (TPSA) is 32.3 Å². The zero-order chi connectivity index (χ0) is 18.5. The Morgan fingerprint density at radius 3 is 2.33 bits per heavy atom. The summed E-state index contributed by atoms with van der Waals surface area (Å²) in [6.07, 6.45) is 2.47. The van der Waals surface area contributed by atoms with Crippen LogP contribution < -0.4 is 5.32 Å². The van der Waals surface area contributed by atoms with E-state index in [1.54, 1.807) is 0 Å². The molecule has 27 heavy (non-hydrogen) atoms. The molecule has 1 N–H and O–H groups in total. The largest absolute Gasteiger partial charge is 0.349 e. The van der Waals surface area contributed by atoms with Crippen molar-refractivity contribution in [2.75, 3.05) is 19.6 Å². The van der Waals surface area contributed by atoms with Crippen LogP contribution in [0.5, 0.6) is 0 Å². The second-order valence-electron chi connectivity index (χ2n) is 6.91. The summed E-state index contributed by atoms with van der Waals surface area (Å²) >= 11 is 1.51. The van der Waals surface area contributed by atoms with Gasteiger partial charge in [-0.15, -0.1) is 11.3 Å². The molecule has 0 bridgehead atoms. The molecule has 0 unspecified atom stereocenters. The lowest BCUT2D eigenvalue weighted by Crippen LogP contribution is -2.36. The van der Waals surface area contributed by atoms with E-state index in [0.717, 1.165) is 29.1 Å². The zero-order valence-corrected chi connectivity index (χ0v) is 16.1. The molecule has 1 atom stereocenters. The first-order valence-electron chi connectivity index (χ1n) is 9.53. The first-order chi connectivity index (χ1) is 13.3. The van der Waals surface area contributed by atoms with Crippen molar-refractivity contribution in [2.24, 2.45) is 0 Å². The molecule has 4 rings (SSSR count). The lowest BCUT2D eigenvalue weighted by atomic mass is 10.0. The fraction of sp³-hybridized carbons (Fsp3) is 0.261. The van der Waals surface area contributed by atoms with Crippen LogP contribution in [0.1, 0.15) is 34.1 Å². The van der Waals surface area contributed by atoms with Crippen molar-refractivity contribution in [2.45, 2.75) is 18.9 Å². The molecule has 0 radical (unpaired) electrons. The van der Waals surface area contributed by atoms with E-state index < -0.39 is 0 Å². The van der Waals surface area contributed by atoms with E-state index >= 15 is 0 Å². The van der Waals surface area contributed by atoms with Crippen molar-refractivity contribution in [1.82, 2.24) is 10.2 Å². The molecule has 0 spiro atoms. The molecule has 4 heteroatoms. The minimum Gasteiger partial charge on any atom is -0.349 e. The van der Waals surface area contributed by atoms with Gasteiger partial charge >= 0.3 is 0 Å². The van der Waals surface area contributed by atoms with Gasteiger partial charge in [-0.3, -0.25) is 9.69 Å². The number of benzene rings is 2. The number of nitrogens with zero attached hydrogens (tertiary/aromatic N) is 1. The summed E-state index contributed by atoms with van der Waals surface area (Å²) in [4.78, 5) is 16.2. The molecular formula is C23H24N2OS. The van der Waals surface area contributed by atoms with Crippen LogP contribution in [0, 0.1) is 0 Å². The quantitative estimate of drug-likeness (QED) is 0.658. The summed E-state index contributed by atoms with van der Waals surface area (Å²) in [6.45, 7) is 2.84. The van der Waals surface area contributed by atoms with Crippen molar-refractivity contribution in [3.8, 4) is 11.1 Å². The van der Waals surface area contributed by atoms with Gasteiger partial charge in [0.2, 0.25) is 0 Å². The second kappa shape index (κ2) is 8.51. The number of carbonyl (C=O) groups excluding carboxylic acids is 1. The molecule has 1 aliphatic heterocycles. The first kappa shape index (κ1) is 18.0. The van der Waals surface area contributed by atoms with Crippen LogP contribution in [0.2, 0.25) is 0 Å². The van der Waals surface area contributed by atoms with Crippen LogP contribution in [0.4, 0.5) is 0 Å². The summed E-state index contributed by atoms with van der Waals surface area (Å²) in [5, 5.41) is 5.19. The standard InChI is InChI=1S/C23H24N2OS/c26-23(22-20(13-16-27-22)18-9-3-1-4-10-18)24-17-21(25-14-7-8-15-25)19-11-5-2-6-12-19/h1-6,9-13,16,21H,7-8,14-15,17H2,(H,24,26)/t21-/m0/s1. The highest BCUT2D eigenvalue weighted by atomic mass is 32.1. The number of nitrogens with one attached hydrogen (secondary N) is 1. The summed E-state index contributed by atoms with van der Waals surface area (Å²) < 4.78 is 0. The average Bonchev–Trinajstić information content (AvgIpc) is 3.42. The fourth-order valence-corrected chi connectivity index (χ4v) is 4.62. The minimum atomic E-state index is 0.0176.